The molecule has 0 radical (unpaired) electrons. The van der Waals surface area contributed by atoms with Crippen molar-refractivity contribution in [3.63, 3.8) is 0 Å². The molecule has 2 atom stereocenters. The van der Waals surface area contributed by atoms with Crippen molar-refractivity contribution in [3.05, 3.63) is 41.4 Å². The van der Waals surface area contributed by atoms with Crippen molar-refractivity contribution in [2.75, 3.05) is 24.6 Å². The zero-order valence-electron chi connectivity index (χ0n) is 15.1. The van der Waals surface area contributed by atoms with Crippen molar-refractivity contribution in [3.8, 4) is 5.88 Å². The summed E-state index contributed by atoms with van der Waals surface area (Å²) in [6.45, 7) is 4.83. The van der Waals surface area contributed by atoms with Crippen molar-refractivity contribution >= 4 is 17.4 Å². The molecule has 0 N–H and O–H groups in total. The van der Waals surface area contributed by atoms with Crippen molar-refractivity contribution in [1.82, 2.24) is 15.0 Å². The van der Waals surface area contributed by atoms with E-state index in [1.54, 1.807) is 12.4 Å². The Morgan fingerprint density at radius 2 is 2.04 bits per heavy atom. The summed E-state index contributed by atoms with van der Waals surface area (Å²) in [4.78, 5) is 15.2. The lowest BCUT2D eigenvalue weighted by atomic mass is 9.90. The summed E-state index contributed by atoms with van der Waals surface area (Å²) in [5.41, 5.74) is 0. The summed E-state index contributed by atoms with van der Waals surface area (Å²) in [5.74, 6) is 5.06. The van der Waals surface area contributed by atoms with Gasteiger partial charge in [0.1, 0.15) is 11.6 Å². The number of pyridine rings is 1. The van der Waals surface area contributed by atoms with Gasteiger partial charge >= 0.3 is 0 Å². The van der Waals surface area contributed by atoms with Gasteiger partial charge in [-0.05, 0) is 62.5 Å². The number of piperidine rings is 1. The van der Waals surface area contributed by atoms with Gasteiger partial charge in [0.05, 0.1) is 11.6 Å². The first kappa shape index (κ1) is 17.5. The summed E-state index contributed by atoms with van der Waals surface area (Å²) < 4.78 is 5.78. The van der Waals surface area contributed by atoms with E-state index in [1.165, 1.54) is 19.3 Å². The van der Waals surface area contributed by atoms with Crippen molar-refractivity contribution < 1.29 is 4.74 Å². The Hall–Kier alpha value is -1.88. The summed E-state index contributed by atoms with van der Waals surface area (Å²) in [6.07, 6.45) is 8.50. The molecule has 0 unspecified atom stereocenters. The van der Waals surface area contributed by atoms with Crippen LogP contribution in [0.5, 0.6) is 5.88 Å². The molecular weight excluding hydrogens is 348 g/mol. The van der Waals surface area contributed by atoms with Crippen molar-refractivity contribution in [2.45, 2.75) is 32.6 Å². The molecule has 1 aliphatic heterocycles. The van der Waals surface area contributed by atoms with Crippen LogP contribution in [0.25, 0.3) is 0 Å². The van der Waals surface area contributed by atoms with Crippen LogP contribution in [0, 0.1) is 24.7 Å². The molecule has 26 heavy (non-hydrogen) atoms. The summed E-state index contributed by atoms with van der Waals surface area (Å²) in [7, 11) is 0. The van der Waals surface area contributed by atoms with Crippen molar-refractivity contribution in [1.29, 1.82) is 0 Å². The standard InChI is InChI=1S/C20H25ClN4O/c1-14-22-8-4-20(24-14)26-11-7-16-12-18(16)15-5-9-25(10-6-15)19-3-2-17(21)13-23-19/h2-4,8,13,15-16,18H,5-7,9-12H2,1H3/t16-,18-/m1/s1. The van der Waals surface area contributed by atoms with Crippen LogP contribution in [0.3, 0.4) is 0 Å². The quantitative estimate of drug-likeness (QED) is 0.762. The van der Waals surface area contributed by atoms with E-state index < -0.39 is 0 Å². The van der Waals surface area contributed by atoms with Crippen LogP contribution in [0.15, 0.2) is 30.6 Å². The van der Waals surface area contributed by atoms with Crippen LogP contribution in [0.2, 0.25) is 5.02 Å². The normalized spacial score (nSPS) is 23.1. The predicted molar refractivity (Wildman–Crippen MR) is 103 cm³/mol. The van der Waals surface area contributed by atoms with Crippen LogP contribution in [-0.4, -0.2) is 34.6 Å². The highest BCUT2D eigenvalue weighted by Crippen LogP contribution is 2.49. The number of anilines is 1. The van der Waals surface area contributed by atoms with E-state index >= 15 is 0 Å². The molecule has 2 aliphatic rings. The zero-order valence-corrected chi connectivity index (χ0v) is 15.9. The fourth-order valence-electron chi connectivity index (χ4n) is 4.12. The summed E-state index contributed by atoms with van der Waals surface area (Å²) >= 11 is 5.93. The topological polar surface area (TPSA) is 51.1 Å². The Kier molecular flexibility index (Phi) is 5.25. The van der Waals surface area contributed by atoms with E-state index in [2.05, 4.69) is 19.9 Å². The molecule has 2 aromatic rings. The van der Waals surface area contributed by atoms with Crippen LogP contribution >= 0.6 is 11.6 Å². The molecule has 4 rings (SSSR count). The summed E-state index contributed by atoms with van der Waals surface area (Å²) in [6, 6.07) is 5.78. The molecule has 0 spiro atoms. The second-order valence-corrected chi connectivity index (χ2v) is 7.83. The smallest absolute Gasteiger partial charge is 0.216 e. The Labute approximate surface area is 159 Å². The zero-order chi connectivity index (χ0) is 17.9. The Morgan fingerprint density at radius 3 is 2.77 bits per heavy atom. The third-order valence-electron chi connectivity index (χ3n) is 5.65. The fourth-order valence-corrected chi connectivity index (χ4v) is 4.23. The van der Waals surface area contributed by atoms with Gasteiger partial charge < -0.3 is 9.64 Å². The molecule has 0 amide bonds. The molecule has 1 saturated heterocycles. The lowest BCUT2D eigenvalue weighted by molar-refractivity contribution is 0.275. The third-order valence-corrected chi connectivity index (χ3v) is 5.87. The van der Waals surface area contributed by atoms with Gasteiger partial charge in [-0.3, -0.25) is 0 Å². The monoisotopic (exact) mass is 372 g/mol. The number of aromatic nitrogens is 3. The highest BCUT2D eigenvalue weighted by atomic mass is 35.5. The van der Waals surface area contributed by atoms with Gasteiger partial charge in [0.2, 0.25) is 5.88 Å². The fraction of sp³-hybridized carbons (Fsp3) is 0.550. The van der Waals surface area contributed by atoms with E-state index in [0.29, 0.717) is 10.9 Å². The minimum atomic E-state index is 0.693. The maximum atomic E-state index is 5.93. The first-order valence-electron chi connectivity index (χ1n) is 9.48. The molecule has 3 heterocycles. The molecule has 5 nitrogen and oxygen atoms in total. The molecule has 0 bridgehead atoms. The Balaban J connectivity index is 1.18. The molecular formula is C20H25ClN4O. The van der Waals surface area contributed by atoms with Gasteiger partial charge in [0.25, 0.3) is 0 Å². The number of rotatable bonds is 6. The third kappa shape index (κ3) is 4.26. The van der Waals surface area contributed by atoms with Crippen molar-refractivity contribution in [2.24, 2.45) is 17.8 Å². The summed E-state index contributed by atoms with van der Waals surface area (Å²) in [5, 5.41) is 0.698. The highest BCUT2D eigenvalue weighted by Gasteiger charge is 2.43. The van der Waals surface area contributed by atoms with Gasteiger partial charge in [-0.25, -0.2) is 9.97 Å². The Morgan fingerprint density at radius 1 is 1.19 bits per heavy atom. The number of hydrogen-bond acceptors (Lipinski definition) is 5. The first-order valence-corrected chi connectivity index (χ1v) is 9.86. The van der Waals surface area contributed by atoms with E-state index in [-0.39, 0.29) is 0 Å². The van der Waals surface area contributed by atoms with Crippen LogP contribution < -0.4 is 9.64 Å². The molecule has 0 aromatic carbocycles. The van der Waals surface area contributed by atoms with E-state index in [4.69, 9.17) is 16.3 Å². The van der Waals surface area contributed by atoms with Crippen LogP contribution in [-0.2, 0) is 0 Å². The van der Waals surface area contributed by atoms with Gasteiger partial charge in [-0.15, -0.1) is 0 Å². The van der Waals surface area contributed by atoms with Gasteiger partial charge in [-0.1, -0.05) is 11.6 Å². The SMILES string of the molecule is Cc1nccc(OCC[C@@H]2C[C@@H]2C2CCN(c3ccc(Cl)cn3)CC2)n1. The number of hydrogen-bond donors (Lipinski definition) is 0. The van der Waals surface area contributed by atoms with Gasteiger partial charge in [0.15, 0.2) is 0 Å². The maximum absolute atomic E-state index is 5.93. The van der Waals surface area contributed by atoms with Gasteiger partial charge in [0, 0.05) is 31.5 Å². The molecule has 1 aliphatic carbocycles. The lowest BCUT2D eigenvalue weighted by Crippen LogP contribution is -2.35. The van der Waals surface area contributed by atoms with Crippen LogP contribution in [0.1, 0.15) is 31.5 Å². The van der Waals surface area contributed by atoms with Gasteiger partial charge in [-0.2, -0.15) is 4.98 Å². The number of nitrogens with zero attached hydrogens (tertiary/aromatic N) is 4. The second kappa shape index (κ2) is 7.78. The number of aryl methyl sites for hydroxylation is 1. The average Bonchev–Trinajstić information content (AvgIpc) is 3.42. The largest absolute Gasteiger partial charge is 0.478 e. The van der Waals surface area contributed by atoms with E-state index in [0.717, 1.165) is 55.5 Å². The second-order valence-electron chi connectivity index (χ2n) is 7.40. The van der Waals surface area contributed by atoms with E-state index in [1.807, 2.05) is 25.1 Å². The predicted octanol–water partition coefficient (Wildman–Crippen LogP) is 4.16. The highest BCUT2D eigenvalue weighted by molar-refractivity contribution is 6.30. The number of ether oxygens (including phenoxy) is 1. The lowest BCUT2D eigenvalue weighted by Gasteiger charge is -2.33. The molecule has 1 saturated carbocycles. The Bertz CT molecular complexity index is 731. The first-order chi connectivity index (χ1) is 12.7. The maximum Gasteiger partial charge on any atom is 0.216 e. The van der Waals surface area contributed by atoms with E-state index in [9.17, 15) is 0 Å². The van der Waals surface area contributed by atoms with Crippen LogP contribution in [0.4, 0.5) is 5.82 Å². The minimum Gasteiger partial charge on any atom is -0.478 e. The average molecular weight is 373 g/mol. The molecule has 138 valence electrons. The minimum absolute atomic E-state index is 0.693. The molecule has 2 fully saturated rings. The molecule has 2 aromatic heterocycles. The number of halogens is 1. The molecule has 6 heteroatoms.